The summed E-state index contributed by atoms with van der Waals surface area (Å²) in [6, 6.07) is 0. The molecule has 0 unspecified atom stereocenters. The average Bonchev–Trinajstić information content (AvgIpc) is 3.25. The van der Waals surface area contributed by atoms with Crippen molar-refractivity contribution in [1.82, 2.24) is 44.8 Å². The number of piperidine rings is 1. The Morgan fingerprint density at radius 1 is 1.27 bits per heavy atom. The molecule has 1 aliphatic rings. The highest BCUT2D eigenvalue weighted by Crippen LogP contribution is 2.27. The zero-order valence-corrected chi connectivity index (χ0v) is 15.7. The van der Waals surface area contributed by atoms with Crippen LogP contribution in [0, 0.1) is 0 Å². The second-order valence-corrected chi connectivity index (χ2v) is 7.10. The summed E-state index contributed by atoms with van der Waals surface area (Å²) in [4.78, 5) is 16.4. The largest absolute Gasteiger partial charge is 0.343 e. The molecule has 142 valence electrons. The molecule has 3 rings (SSSR count). The number of aryl methyl sites for hydroxylation is 1. The highest BCUT2D eigenvalue weighted by atomic mass is 16.2. The molecular weight excluding hydrogens is 334 g/mol. The number of tetrazole rings is 1. The van der Waals surface area contributed by atoms with Crippen LogP contribution in [0.4, 0.5) is 0 Å². The molecular formula is C16H27N9O. The predicted octanol–water partition coefficient (Wildman–Crippen LogP) is 0.0496. The van der Waals surface area contributed by atoms with Crippen LogP contribution >= 0.6 is 0 Å². The zero-order valence-electron chi connectivity index (χ0n) is 15.7. The van der Waals surface area contributed by atoms with E-state index in [1.807, 2.05) is 26.0 Å². The Labute approximate surface area is 153 Å². The van der Waals surface area contributed by atoms with Crippen molar-refractivity contribution in [1.29, 1.82) is 0 Å². The lowest BCUT2D eigenvalue weighted by Crippen LogP contribution is -2.38. The molecule has 0 atom stereocenters. The summed E-state index contributed by atoms with van der Waals surface area (Å²) in [6.07, 6.45) is 4.73. The van der Waals surface area contributed by atoms with E-state index < -0.39 is 0 Å². The van der Waals surface area contributed by atoms with E-state index in [4.69, 9.17) is 0 Å². The zero-order chi connectivity index (χ0) is 18.5. The number of hydrogen-bond donors (Lipinski definition) is 0. The van der Waals surface area contributed by atoms with E-state index in [2.05, 4.69) is 35.2 Å². The molecule has 2 aromatic heterocycles. The van der Waals surface area contributed by atoms with E-state index in [1.54, 1.807) is 11.0 Å². The molecule has 1 aliphatic heterocycles. The van der Waals surface area contributed by atoms with Crippen LogP contribution in [0.5, 0.6) is 0 Å². The molecule has 1 amide bonds. The highest BCUT2D eigenvalue weighted by molar-refractivity contribution is 5.76. The maximum Gasteiger partial charge on any atom is 0.222 e. The first kappa shape index (κ1) is 18.4. The van der Waals surface area contributed by atoms with Crippen LogP contribution in [0.15, 0.2) is 6.33 Å². The number of amides is 1. The molecule has 0 N–H and O–H groups in total. The maximum atomic E-state index is 12.4. The summed E-state index contributed by atoms with van der Waals surface area (Å²) < 4.78 is 3.76. The van der Waals surface area contributed by atoms with Crippen LogP contribution in [0.25, 0.3) is 0 Å². The van der Waals surface area contributed by atoms with E-state index in [0.717, 1.165) is 50.5 Å². The van der Waals surface area contributed by atoms with Gasteiger partial charge in [-0.05, 0) is 43.8 Å². The molecule has 3 heterocycles. The SMILES string of the molecule is CN(C)Cc1nnc(C2CCN(C(=O)CCCn3cnnn3)CC2)n1C. The van der Waals surface area contributed by atoms with E-state index in [-0.39, 0.29) is 5.91 Å². The molecule has 0 aliphatic carbocycles. The minimum atomic E-state index is 0.211. The molecule has 0 saturated carbocycles. The summed E-state index contributed by atoms with van der Waals surface area (Å²) in [5.74, 6) is 2.59. The number of carbonyl (C=O) groups is 1. The molecule has 1 saturated heterocycles. The normalized spacial score (nSPS) is 15.8. The first-order valence-electron chi connectivity index (χ1n) is 9.06. The van der Waals surface area contributed by atoms with E-state index in [1.165, 1.54) is 0 Å². The minimum Gasteiger partial charge on any atom is -0.343 e. The van der Waals surface area contributed by atoms with E-state index >= 15 is 0 Å². The maximum absolute atomic E-state index is 12.4. The van der Waals surface area contributed by atoms with E-state index in [0.29, 0.717) is 18.9 Å². The lowest BCUT2D eigenvalue weighted by Gasteiger charge is -2.31. The number of nitrogens with zero attached hydrogens (tertiary/aromatic N) is 9. The average molecular weight is 361 g/mol. The molecule has 10 heteroatoms. The lowest BCUT2D eigenvalue weighted by molar-refractivity contribution is -0.132. The molecule has 0 radical (unpaired) electrons. The molecule has 10 nitrogen and oxygen atoms in total. The first-order valence-corrected chi connectivity index (χ1v) is 9.06. The van der Waals surface area contributed by atoms with Crippen LogP contribution in [0.2, 0.25) is 0 Å². The molecule has 2 aromatic rings. The lowest BCUT2D eigenvalue weighted by atomic mass is 9.95. The Morgan fingerprint density at radius 3 is 2.69 bits per heavy atom. The van der Waals surface area contributed by atoms with Gasteiger partial charge in [0.25, 0.3) is 0 Å². The Hall–Kier alpha value is -2.36. The van der Waals surface area contributed by atoms with Crippen LogP contribution in [0.3, 0.4) is 0 Å². The van der Waals surface area contributed by atoms with E-state index in [9.17, 15) is 4.79 Å². The number of hydrogen-bond acceptors (Lipinski definition) is 7. The third kappa shape index (κ3) is 4.43. The van der Waals surface area contributed by atoms with Crippen LogP contribution < -0.4 is 0 Å². The second kappa shape index (κ2) is 8.35. The van der Waals surface area contributed by atoms with Crippen molar-refractivity contribution in [3.8, 4) is 0 Å². The molecule has 0 spiro atoms. The van der Waals surface area contributed by atoms with Gasteiger partial charge in [-0.25, -0.2) is 4.68 Å². The third-order valence-corrected chi connectivity index (χ3v) is 4.84. The van der Waals surface area contributed by atoms with Gasteiger partial charge in [0.1, 0.15) is 18.0 Å². The van der Waals surface area contributed by atoms with Crippen LogP contribution in [-0.2, 0) is 24.9 Å². The van der Waals surface area contributed by atoms with Gasteiger partial charge in [0.2, 0.25) is 5.91 Å². The van der Waals surface area contributed by atoms with Gasteiger partial charge in [-0.15, -0.1) is 15.3 Å². The Kier molecular flexibility index (Phi) is 5.92. The molecule has 1 fully saturated rings. The van der Waals surface area contributed by atoms with Crippen molar-refractivity contribution in [2.75, 3.05) is 27.2 Å². The van der Waals surface area contributed by atoms with Gasteiger partial charge in [0.05, 0.1) is 6.54 Å². The number of carbonyl (C=O) groups excluding carboxylic acids is 1. The van der Waals surface area contributed by atoms with Crippen molar-refractivity contribution in [2.45, 2.75) is 44.7 Å². The van der Waals surface area contributed by atoms with Crippen molar-refractivity contribution >= 4 is 5.91 Å². The molecule has 26 heavy (non-hydrogen) atoms. The van der Waals surface area contributed by atoms with Gasteiger partial charge in [-0.1, -0.05) is 0 Å². The van der Waals surface area contributed by atoms with Gasteiger partial charge in [-0.3, -0.25) is 4.79 Å². The fourth-order valence-corrected chi connectivity index (χ4v) is 3.37. The smallest absolute Gasteiger partial charge is 0.222 e. The minimum absolute atomic E-state index is 0.211. The second-order valence-electron chi connectivity index (χ2n) is 7.10. The van der Waals surface area contributed by atoms with Crippen molar-refractivity contribution in [3.63, 3.8) is 0 Å². The first-order chi connectivity index (χ1) is 12.5. The fraction of sp³-hybridized carbons (Fsp3) is 0.750. The van der Waals surface area contributed by atoms with Crippen molar-refractivity contribution in [3.05, 3.63) is 18.0 Å². The summed E-state index contributed by atoms with van der Waals surface area (Å²) >= 11 is 0. The number of aromatic nitrogens is 7. The Bertz CT molecular complexity index is 701. The van der Waals surface area contributed by atoms with Crippen LogP contribution in [-0.4, -0.2) is 77.9 Å². The quantitative estimate of drug-likeness (QED) is 0.687. The van der Waals surface area contributed by atoms with Gasteiger partial charge in [-0.2, -0.15) is 0 Å². The monoisotopic (exact) mass is 361 g/mol. The topological polar surface area (TPSA) is 97.9 Å². The Morgan fingerprint density at radius 2 is 2.04 bits per heavy atom. The van der Waals surface area contributed by atoms with Gasteiger partial charge >= 0.3 is 0 Å². The van der Waals surface area contributed by atoms with Crippen molar-refractivity contribution in [2.24, 2.45) is 7.05 Å². The summed E-state index contributed by atoms with van der Waals surface area (Å²) in [5, 5.41) is 19.7. The van der Waals surface area contributed by atoms with Gasteiger partial charge in [0, 0.05) is 39.0 Å². The molecule has 0 bridgehead atoms. The number of likely N-dealkylation sites (tertiary alicyclic amines) is 1. The summed E-state index contributed by atoms with van der Waals surface area (Å²) in [5.41, 5.74) is 0. The van der Waals surface area contributed by atoms with Gasteiger partial charge < -0.3 is 14.4 Å². The van der Waals surface area contributed by atoms with Gasteiger partial charge in [0.15, 0.2) is 0 Å². The number of rotatable bonds is 7. The molecule has 0 aromatic carbocycles. The fourth-order valence-electron chi connectivity index (χ4n) is 3.37. The standard InChI is InChI=1S/C16H27N9O/c1-22(2)11-14-18-19-16(23(14)3)13-6-9-24(10-7-13)15(26)5-4-8-25-12-17-20-21-25/h12-13H,4-11H2,1-3H3. The summed E-state index contributed by atoms with van der Waals surface area (Å²) in [7, 11) is 6.08. The van der Waals surface area contributed by atoms with Crippen molar-refractivity contribution < 1.29 is 4.79 Å². The third-order valence-electron chi connectivity index (χ3n) is 4.84. The predicted molar refractivity (Wildman–Crippen MR) is 94.0 cm³/mol. The Balaban J connectivity index is 1.46. The van der Waals surface area contributed by atoms with Crippen LogP contribution in [0.1, 0.15) is 43.3 Å². The summed E-state index contributed by atoms with van der Waals surface area (Å²) in [6.45, 7) is 3.01. The highest BCUT2D eigenvalue weighted by Gasteiger charge is 2.27.